The number of alkyl halides is 3. The number of halogens is 4. The molecule has 3 saturated heterocycles. The van der Waals surface area contributed by atoms with Crippen LogP contribution in [0.3, 0.4) is 0 Å². The first-order chi connectivity index (χ1) is 19.8. The van der Waals surface area contributed by atoms with Crippen molar-refractivity contribution in [1.29, 1.82) is 0 Å². The topological polar surface area (TPSA) is 46.7 Å². The fourth-order valence-corrected chi connectivity index (χ4v) is 6.62. The summed E-state index contributed by atoms with van der Waals surface area (Å²) in [5.41, 5.74) is 11.1. The van der Waals surface area contributed by atoms with E-state index < -0.39 is 6.36 Å². The smallest absolute Gasteiger partial charge is 0.406 e. The second kappa shape index (κ2) is 11.7. The highest BCUT2D eigenvalue weighted by Crippen LogP contribution is 2.36. The number of benzene rings is 3. The van der Waals surface area contributed by atoms with Crippen LogP contribution in [0.4, 0.5) is 13.2 Å². The first kappa shape index (κ1) is 28.1. The third kappa shape index (κ3) is 6.26. The molecule has 3 aliphatic heterocycles. The van der Waals surface area contributed by atoms with Crippen molar-refractivity contribution in [2.24, 2.45) is 5.73 Å². The van der Waals surface area contributed by atoms with Gasteiger partial charge in [0.2, 0.25) is 0 Å². The van der Waals surface area contributed by atoms with E-state index in [0.29, 0.717) is 18.6 Å². The summed E-state index contributed by atoms with van der Waals surface area (Å²) in [6, 6.07) is 21.8. The number of nitrogens with two attached hydrogens (primary N) is 1. The number of rotatable bonds is 9. The number of ether oxygens (including phenoxy) is 1. The lowest BCUT2D eigenvalue weighted by Crippen LogP contribution is -2.61. The van der Waals surface area contributed by atoms with Gasteiger partial charge in [0.05, 0.1) is 0 Å². The van der Waals surface area contributed by atoms with Gasteiger partial charge in [-0.15, -0.1) is 13.2 Å². The molecule has 2 bridgehead atoms. The third-order valence-electron chi connectivity index (χ3n) is 8.42. The van der Waals surface area contributed by atoms with Crippen LogP contribution in [0.25, 0.3) is 22.0 Å². The van der Waals surface area contributed by atoms with Crippen LogP contribution in [-0.4, -0.2) is 52.4 Å². The molecule has 3 aromatic carbocycles. The minimum Gasteiger partial charge on any atom is -0.406 e. The molecule has 7 rings (SSSR count). The zero-order chi connectivity index (χ0) is 28.6. The van der Waals surface area contributed by atoms with E-state index >= 15 is 0 Å². The molecule has 0 saturated carbocycles. The molecule has 3 aliphatic rings. The lowest BCUT2D eigenvalue weighted by atomic mass is 9.89. The minimum absolute atomic E-state index is 0.225. The molecular formula is C32H34ClF3N4O. The van der Waals surface area contributed by atoms with Gasteiger partial charge < -0.3 is 15.0 Å². The van der Waals surface area contributed by atoms with Gasteiger partial charge in [-0.25, -0.2) is 0 Å². The van der Waals surface area contributed by atoms with Crippen molar-refractivity contribution in [1.82, 2.24) is 14.4 Å². The Hall–Kier alpha value is -3.04. The van der Waals surface area contributed by atoms with Gasteiger partial charge >= 0.3 is 6.36 Å². The Morgan fingerprint density at radius 3 is 2.27 bits per heavy atom. The number of hydrogen-bond donors (Lipinski definition) is 1. The Morgan fingerprint density at radius 1 is 0.902 bits per heavy atom. The Morgan fingerprint density at radius 2 is 1.61 bits per heavy atom. The summed E-state index contributed by atoms with van der Waals surface area (Å²) in [7, 11) is 0. The van der Waals surface area contributed by atoms with E-state index in [9.17, 15) is 13.2 Å². The van der Waals surface area contributed by atoms with Crippen LogP contribution in [0.1, 0.15) is 30.4 Å². The van der Waals surface area contributed by atoms with Crippen molar-refractivity contribution in [2.75, 3.05) is 19.6 Å². The molecule has 4 heterocycles. The summed E-state index contributed by atoms with van der Waals surface area (Å²) < 4.78 is 44.3. The molecule has 4 aromatic rings. The molecule has 0 radical (unpaired) electrons. The standard InChI is InChI=1S/C32H34ClF3N4O/c33-30-5-2-1-4-24(30)18-40-20-25-9-10-26(40)19-39(25)17-22-6-13-31-28(16-22)29(21-38(31)15-3-14-37)23-7-11-27(12-8-23)41-32(34,35)36/h1-2,4-8,11-13,16,21,25-26H,3,9-10,14-15,17-20,37H2. The average molecular weight is 583 g/mol. The second-order valence-corrected chi connectivity index (χ2v) is 11.5. The summed E-state index contributed by atoms with van der Waals surface area (Å²) >= 11 is 6.45. The summed E-state index contributed by atoms with van der Waals surface area (Å²) in [6.07, 6.45) is 0.601. The van der Waals surface area contributed by atoms with E-state index in [0.717, 1.165) is 66.2 Å². The zero-order valence-electron chi connectivity index (χ0n) is 22.8. The summed E-state index contributed by atoms with van der Waals surface area (Å²) in [5.74, 6) is -0.225. The molecule has 216 valence electrons. The quantitative estimate of drug-likeness (QED) is 0.230. The molecule has 9 heteroatoms. The highest BCUT2D eigenvalue weighted by molar-refractivity contribution is 6.31. The summed E-state index contributed by atoms with van der Waals surface area (Å²) in [4.78, 5) is 5.18. The maximum absolute atomic E-state index is 12.7. The van der Waals surface area contributed by atoms with Gasteiger partial charge in [0.1, 0.15) is 5.75 Å². The number of aryl methyl sites for hydroxylation is 1. The van der Waals surface area contributed by atoms with Gasteiger partial charge in [-0.2, -0.15) is 0 Å². The van der Waals surface area contributed by atoms with Crippen molar-refractivity contribution < 1.29 is 17.9 Å². The molecule has 2 N–H and O–H groups in total. The molecule has 0 spiro atoms. The van der Waals surface area contributed by atoms with Crippen LogP contribution in [-0.2, 0) is 19.6 Å². The number of fused-ring (bicyclic) bond motifs is 4. The van der Waals surface area contributed by atoms with Crippen LogP contribution < -0.4 is 10.5 Å². The molecule has 0 amide bonds. The van der Waals surface area contributed by atoms with Gasteiger partial charge in [-0.3, -0.25) is 9.80 Å². The van der Waals surface area contributed by atoms with Gasteiger partial charge in [-0.05, 0) is 72.8 Å². The largest absolute Gasteiger partial charge is 0.573 e. The minimum atomic E-state index is -4.71. The predicted molar refractivity (Wildman–Crippen MR) is 157 cm³/mol. The van der Waals surface area contributed by atoms with E-state index in [1.54, 1.807) is 12.1 Å². The van der Waals surface area contributed by atoms with E-state index in [2.05, 4.69) is 49.6 Å². The van der Waals surface area contributed by atoms with Crippen LogP contribution in [0.2, 0.25) is 5.02 Å². The molecule has 3 fully saturated rings. The Labute approximate surface area is 243 Å². The fourth-order valence-electron chi connectivity index (χ4n) is 6.43. The first-order valence-electron chi connectivity index (χ1n) is 14.2. The normalized spacial score (nSPS) is 19.7. The molecule has 2 atom stereocenters. The number of nitrogens with zero attached hydrogens (tertiary/aromatic N) is 3. The number of aromatic nitrogens is 1. The molecular weight excluding hydrogens is 549 g/mol. The van der Waals surface area contributed by atoms with Crippen LogP contribution in [0.5, 0.6) is 5.75 Å². The molecule has 5 nitrogen and oxygen atoms in total. The summed E-state index contributed by atoms with van der Waals surface area (Å²) in [5, 5.41) is 1.92. The Balaban J connectivity index is 1.23. The van der Waals surface area contributed by atoms with E-state index in [-0.39, 0.29) is 5.75 Å². The van der Waals surface area contributed by atoms with Crippen LogP contribution in [0, 0.1) is 0 Å². The number of hydrogen-bond acceptors (Lipinski definition) is 4. The van der Waals surface area contributed by atoms with Gasteiger partial charge in [0.15, 0.2) is 0 Å². The van der Waals surface area contributed by atoms with Gasteiger partial charge in [0, 0.05) is 72.5 Å². The zero-order valence-corrected chi connectivity index (χ0v) is 23.5. The van der Waals surface area contributed by atoms with E-state index in [1.807, 2.05) is 18.2 Å². The van der Waals surface area contributed by atoms with Gasteiger partial charge in [-0.1, -0.05) is 48.0 Å². The van der Waals surface area contributed by atoms with Crippen molar-refractivity contribution in [2.45, 2.75) is 57.3 Å². The molecule has 1 aromatic heterocycles. The lowest BCUT2D eigenvalue weighted by Gasteiger charge is -2.51. The van der Waals surface area contributed by atoms with Crippen molar-refractivity contribution >= 4 is 22.5 Å². The summed E-state index contributed by atoms with van der Waals surface area (Å²) in [6.45, 7) is 5.17. The molecule has 41 heavy (non-hydrogen) atoms. The Kier molecular flexibility index (Phi) is 8.01. The van der Waals surface area contributed by atoms with Crippen molar-refractivity contribution in [3.63, 3.8) is 0 Å². The van der Waals surface area contributed by atoms with Crippen molar-refractivity contribution in [3.8, 4) is 16.9 Å². The van der Waals surface area contributed by atoms with Crippen LogP contribution in [0.15, 0.2) is 72.9 Å². The third-order valence-corrected chi connectivity index (χ3v) is 8.79. The fraction of sp³-hybridized carbons (Fsp3) is 0.375. The monoisotopic (exact) mass is 582 g/mol. The molecule has 0 aliphatic carbocycles. The maximum Gasteiger partial charge on any atom is 0.573 e. The van der Waals surface area contributed by atoms with E-state index in [1.165, 1.54) is 36.1 Å². The van der Waals surface area contributed by atoms with Crippen molar-refractivity contribution in [3.05, 3.63) is 89.1 Å². The lowest BCUT2D eigenvalue weighted by molar-refractivity contribution is -0.274. The number of piperidine rings is 2. The predicted octanol–water partition coefficient (Wildman–Crippen LogP) is 7.06. The number of piperazine rings is 1. The van der Waals surface area contributed by atoms with Gasteiger partial charge in [0.25, 0.3) is 0 Å². The Bertz CT molecular complexity index is 1500. The highest BCUT2D eigenvalue weighted by atomic mass is 35.5. The first-order valence-corrected chi connectivity index (χ1v) is 14.5. The highest BCUT2D eigenvalue weighted by Gasteiger charge is 2.38. The average Bonchev–Trinajstić information content (AvgIpc) is 3.31. The second-order valence-electron chi connectivity index (χ2n) is 11.1. The maximum atomic E-state index is 12.7. The SMILES string of the molecule is NCCCn1cc(-c2ccc(OC(F)(F)F)cc2)c2cc(CN3CC4CCC3CN4Cc3ccccc3Cl)ccc21. The molecule has 2 unspecified atom stereocenters. The van der Waals surface area contributed by atoms with Crippen LogP contribution >= 0.6 is 11.6 Å². The van der Waals surface area contributed by atoms with E-state index in [4.69, 9.17) is 17.3 Å².